The summed E-state index contributed by atoms with van der Waals surface area (Å²) in [6, 6.07) is 23.0. The number of thiophene rings is 1. The average Bonchev–Trinajstić information content (AvgIpc) is 3.74. The van der Waals surface area contributed by atoms with Gasteiger partial charge >= 0.3 is 11.9 Å². The Labute approximate surface area is 262 Å². The molecule has 0 aliphatic heterocycles. The molecule has 0 bridgehead atoms. The molecule has 45 heavy (non-hydrogen) atoms. The van der Waals surface area contributed by atoms with E-state index in [1.807, 2.05) is 66.1 Å². The normalized spacial score (nSPS) is 11.6. The number of carbonyl (C=O) groups is 2. The molecule has 0 aliphatic carbocycles. The van der Waals surface area contributed by atoms with Crippen LogP contribution >= 0.6 is 11.3 Å². The molecule has 0 saturated heterocycles. The summed E-state index contributed by atoms with van der Waals surface area (Å²) in [6.45, 7) is 7.08. The van der Waals surface area contributed by atoms with Crippen LogP contribution in [0, 0.1) is 5.41 Å². The van der Waals surface area contributed by atoms with Gasteiger partial charge in [-0.3, -0.25) is 9.59 Å². The molecule has 0 spiro atoms. The van der Waals surface area contributed by atoms with E-state index in [0.717, 1.165) is 38.4 Å². The Bertz CT molecular complexity index is 2090. The highest BCUT2D eigenvalue weighted by Gasteiger charge is 2.25. The Kier molecular flexibility index (Phi) is 8.03. The standard InChI is InChI=1S/C34H31N5O5S/c1-5-22-17-27-29(40)25-11-8-12-26(32(41)43-19-44-33(42)34(2,3)4)28(25)39(31(27)45-22)18-20-13-15-21(16-14-20)23-9-6-7-10-24(23)30-35-37-38-36-30/h6-17H,5,18-19H2,1-4H3,(H,35,36,37,38). The van der Waals surface area contributed by atoms with Gasteiger partial charge in [-0.05, 0) is 72.5 Å². The van der Waals surface area contributed by atoms with E-state index in [4.69, 9.17) is 9.47 Å². The van der Waals surface area contributed by atoms with Crippen LogP contribution in [0.1, 0.15) is 48.5 Å². The number of carbonyl (C=O) groups excluding carboxylic acids is 2. The SMILES string of the molecule is CCc1cc2c(=O)c3cccc(C(=O)OCOC(=O)C(C)(C)C)c3n(Cc3ccc(-c4ccccc4-c4nnn[nH]4)cc3)c2s1. The molecule has 3 heterocycles. The second-order valence-electron chi connectivity index (χ2n) is 11.6. The molecule has 0 saturated carbocycles. The maximum atomic E-state index is 13.7. The molecule has 0 aliphatic rings. The molecule has 0 amide bonds. The number of nitrogens with zero attached hydrogens (tertiary/aromatic N) is 4. The maximum Gasteiger partial charge on any atom is 0.343 e. The van der Waals surface area contributed by atoms with Crippen molar-refractivity contribution in [3.05, 3.63) is 99.0 Å². The van der Waals surface area contributed by atoms with E-state index in [0.29, 0.717) is 28.7 Å². The van der Waals surface area contributed by atoms with Gasteiger partial charge in [-0.15, -0.1) is 16.4 Å². The molecule has 0 fully saturated rings. The highest BCUT2D eigenvalue weighted by atomic mass is 32.1. The molecule has 6 rings (SSSR count). The number of nitrogens with one attached hydrogen (secondary N) is 1. The second-order valence-corrected chi connectivity index (χ2v) is 12.7. The fraction of sp³-hybridized carbons (Fsp3) is 0.235. The number of hydrogen-bond donors (Lipinski definition) is 1. The van der Waals surface area contributed by atoms with Crippen LogP contribution in [0.2, 0.25) is 0 Å². The third-order valence-corrected chi connectivity index (χ3v) is 8.80. The molecular formula is C34H31N5O5S. The van der Waals surface area contributed by atoms with Crippen molar-refractivity contribution < 1.29 is 19.1 Å². The number of fused-ring (bicyclic) bond motifs is 2. The zero-order chi connectivity index (χ0) is 31.7. The fourth-order valence-electron chi connectivity index (χ4n) is 5.17. The lowest BCUT2D eigenvalue weighted by molar-refractivity contribution is -0.161. The molecule has 10 nitrogen and oxygen atoms in total. The largest absolute Gasteiger partial charge is 0.427 e. The summed E-state index contributed by atoms with van der Waals surface area (Å²) in [7, 11) is 0. The lowest BCUT2D eigenvalue weighted by Gasteiger charge is -2.18. The Morgan fingerprint density at radius 1 is 0.933 bits per heavy atom. The highest BCUT2D eigenvalue weighted by Crippen LogP contribution is 2.32. The van der Waals surface area contributed by atoms with Crippen molar-refractivity contribution in [2.24, 2.45) is 5.41 Å². The second kappa shape index (κ2) is 12.1. The summed E-state index contributed by atoms with van der Waals surface area (Å²) in [5.41, 5.74) is 3.62. The number of aryl methyl sites for hydroxylation is 1. The van der Waals surface area contributed by atoms with Gasteiger partial charge in [0.15, 0.2) is 11.3 Å². The first-order chi connectivity index (χ1) is 21.7. The lowest BCUT2D eigenvalue weighted by atomic mass is 9.98. The number of benzene rings is 3. The monoisotopic (exact) mass is 621 g/mol. The Hall–Kier alpha value is -5.16. The van der Waals surface area contributed by atoms with Crippen LogP contribution in [-0.2, 0) is 27.2 Å². The van der Waals surface area contributed by atoms with Gasteiger partial charge in [-0.2, -0.15) is 0 Å². The van der Waals surface area contributed by atoms with Crippen molar-refractivity contribution in [2.45, 2.75) is 40.7 Å². The molecular weight excluding hydrogens is 590 g/mol. The number of tetrazole rings is 1. The summed E-state index contributed by atoms with van der Waals surface area (Å²) in [5, 5.41) is 15.3. The van der Waals surface area contributed by atoms with Crippen LogP contribution < -0.4 is 5.43 Å². The zero-order valence-electron chi connectivity index (χ0n) is 25.3. The number of para-hydroxylation sites is 1. The predicted octanol–water partition coefficient (Wildman–Crippen LogP) is 6.38. The Morgan fingerprint density at radius 2 is 1.69 bits per heavy atom. The Morgan fingerprint density at radius 3 is 2.38 bits per heavy atom. The lowest BCUT2D eigenvalue weighted by Crippen LogP contribution is -2.25. The van der Waals surface area contributed by atoms with E-state index >= 15 is 0 Å². The summed E-state index contributed by atoms with van der Waals surface area (Å²) >= 11 is 1.54. The van der Waals surface area contributed by atoms with Crippen LogP contribution in [0.15, 0.2) is 77.6 Å². The first kappa shape index (κ1) is 29.9. The van der Waals surface area contributed by atoms with E-state index in [1.54, 1.807) is 39.0 Å². The number of H-pyrrole nitrogens is 1. The van der Waals surface area contributed by atoms with Crippen molar-refractivity contribution >= 4 is 44.4 Å². The topological polar surface area (TPSA) is 129 Å². The van der Waals surface area contributed by atoms with Crippen LogP contribution in [0.4, 0.5) is 0 Å². The zero-order valence-corrected chi connectivity index (χ0v) is 26.1. The average molecular weight is 622 g/mol. The van der Waals surface area contributed by atoms with E-state index in [2.05, 4.69) is 20.6 Å². The third kappa shape index (κ3) is 5.86. The van der Waals surface area contributed by atoms with E-state index in [1.165, 1.54) is 11.3 Å². The van der Waals surface area contributed by atoms with Crippen molar-refractivity contribution in [1.29, 1.82) is 0 Å². The predicted molar refractivity (Wildman–Crippen MR) is 173 cm³/mol. The van der Waals surface area contributed by atoms with Crippen molar-refractivity contribution in [2.75, 3.05) is 6.79 Å². The van der Waals surface area contributed by atoms with Gasteiger partial charge in [0.25, 0.3) is 0 Å². The minimum absolute atomic E-state index is 0.144. The van der Waals surface area contributed by atoms with Crippen LogP contribution in [0.3, 0.4) is 0 Å². The van der Waals surface area contributed by atoms with E-state index in [9.17, 15) is 14.4 Å². The van der Waals surface area contributed by atoms with Gasteiger partial charge in [-0.25, -0.2) is 9.89 Å². The highest BCUT2D eigenvalue weighted by molar-refractivity contribution is 7.18. The number of hydrogen-bond acceptors (Lipinski definition) is 9. The van der Waals surface area contributed by atoms with Crippen LogP contribution in [0.25, 0.3) is 43.6 Å². The smallest absolute Gasteiger partial charge is 0.343 e. The first-order valence-corrected chi connectivity index (χ1v) is 15.3. The summed E-state index contributed by atoms with van der Waals surface area (Å²) in [6.07, 6.45) is 0.776. The number of aromatic amines is 1. The quantitative estimate of drug-likeness (QED) is 0.153. The summed E-state index contributed by atoms with van der Waals surface area (Å²) < 4.78 is 12.6. The molecule has 228 valence electrons. The minimum Gasteiger partial charge on any atom is -0.427 e. The number of esters is 2. The number of rotatable bonds is 8. The molecule has 0 radical (unpaired) electrons. The van der Waals surface area contributed by atoms with E-state index in [-0.39, 0.29) is 11.0 Å². The van der Waals surface area contributed by atoms with Gasteiger partial charge in [0, 0.05) is 22.4 Å². The van der Waals surface area contributed by atoms with Crippen molar-refractivity contribution in [1.82, 2.24) is 25.2 Å². The van der Waals surface area contributed by atoms with Crippen LogP contribution in [-0.4, -0.2) is 43.9 Å². The number of aromatic nitrogens is 5. The molecule has 11 heteroatoms. The fourth-order valence-corrected chi connectivity index (χ4v) is 6.26. The number of ether oxygens (including phenoxy) is 2. The molecule has 1 N–H and O–H groups in total. The Balaban J connectivity index is 1.40. The minimum atomic E-state index is -0.737. The number of pyridine rings is 1. The molecule has 0 unspecified atom stereocenters. The van der Waals surface area contributed by atoms with Gasteiger partial charge in [0.05, 0.1) is 21.9 Å². The van der Waals surface area contributed by atoms with Gasteiger partial charge < -0.3 is 14.0 Å². The summed E-state index contributed by atoms with van der Waals surface area (Å²) in [4.78, 5) is 41.1. The third-order valence-electron chi connectivity index (χ3n) is 7.50. The summed E-state index contributed by atoms with van der Waals surface area (Å²) in [5.74, 6) is -0.592. The first-order valence-electron chi connectivity index (χ1n) is 14.5. The van der Waals surface area contributed by atoms with Gasteiger partial charge in [-0.1, -0.05) is 61.5 Å². The van der Waals surface area contributed by atoms with Crippen molar-refractivity contribution in [3.63, 3.8) is 0 Å². The van der Waals surface area contributed by atoms with Crippen molar-refractivity contribution in [3.8, 4) is 22.5 Å². The van der Waals surface area contributed by atoms with E-state index < -0.39 is 24.1 Å². The molecule has 3 aromatic carbocycles. The molecule has 6 aromatic rings. The molecule has 0 atom stereocenters. The van der Waals surface area contributed by atoms with Crippen LogP contribution in [0.5, 0.6) is 0 Å². The molecule has 3 aromatic heterocycles. The van der Waals surface area contributed by atoms with Gasteiger partial charge in [0.1, 0.15) is 4.83 Å². The van der Waals surface area contributed by atoms with Gasteiger partial charge in [0.2, 0.25) is 6.79 Å². The maximum absolute atomic E-state index is 13.7.